The van der Waals surface area contributed by atoms with E-state index in [0.717, 1.165) is 12.8 Å². The zero-order valence-electron chi connectivity index (χ0n) is 11.5. The molecule has 1 heterocycles. The zero-order valence-corrected chi connectivity index (χ0v) is 11.5. The average molecular weight is 251 g/mol. The summed E-state index contributed by atoms with van der Waals surface area (Å²) in [6.07, 6.45) is 3.68. The number of hydrogen-bond donors (Lipinski definition) is 1. The van der Waals surface area contributed by atoms with E-state index in [1.165, 1.54) is 6.20 Å². The van der Waals surface area contributed by atoms with Gasteiger partial charge in [0.1, 0.15) is 0 Å². The highest BCUT2D eigenvalue weighted by Gasteiger charge is 2.13. The summed E-state index contributed by atoms with van der Waals surface area (Å²) < 4.78 is 4.93. The molecule has 0 bridgehead atoms. The number of anilines is 1. The molecule has 18 heavy (non-hydrogen) atoms. The maximum Gasteiger partial charge on any atom is 0.341 e. The third-order valence-electron chi connectivity index (χ3n) is 2.57. The van der Waals surface area contributed by atoms with Crippen LogP contribution in [0.3, 0.4) is 0 Å². The van der Waals surface area contributed by atoms with Gasteiger partial charge in [-0.1, -0.05) is 13.3 Å². The molecule has 1 atom stereocenters. The van der Waals surface area contributed by atoms with Crippen LogP contribution in [0.4, 0.5) is 5.95 Å². The largest absolute Gasteiger partial charge is 0.462 e. The predicted octanol–water partition coefficient (Wildman–Crippen LogP) is 2.56. The molecule has 0 radical (unpaired) electrons. The second kappa shape index (κ2) is 6.93. The van der Waals surface area contributed by atoms with Crippen LogP contribution in [-0.4, -0.2) is 28.6 Å². The molecule has 0 amide bonds. The Hall–Kier alpha value is -1.65. The molecule has 1 N–H and O–H groups in total. The smallest absolute Gasteiger partial charge is 0.341 e. The van der Waals surface area contributed by atoms with E-state index < -0.39 is 0 Å². The summed E-state index contributed by atoms with van der Waals surface area (Å²) in [5.41, 5.74) is 1.06. The van der Waals surface area contributed by atoms with Crippen LogP contribution in [0.2, 0.25) is 0 Å². The Bertz CT molecular complexity index is 407. The first-order valence-electron chi connectivity index (χ1n) is 6.35. The van der Waals surface area contributed by atoms with Crippen LogP contribution in [0, 0.1) is 6.92 Å². The van der Waals surface area contributed by atoms with Gasteiger partial charge >= 0.3 is 5.97 Å². The number of rotatable bonds is 6. The number of hydrogen-bond acceptors (Lipinski definition) is 5. The number of ether oxygens (including phenoxy) is 1. The Morgan fingerprint density at radius 3 is 2.78 bits per heavy atom. The maximum atomic E-state index is 11.6. The number of carbonyl (C=O) groups is 1. The maximum absolute atomic E-state index is 11.6. The molecular formula is C13H21N3O2. The van der Waals surface area contributed by atoms with Crippen LogP contribution in [0.1, 0.15) is 49.7 Å². The molecular weight excluding hydrogens is 230 g/mol. The minimum Gasteiger partial charge on any atom is -0.462 e. The first kappa shape index (κ1) is 14.4. The van der Waals surface area contributed by atoms with Gasteiger partial charge in [0.2, 0.25) is 5.95 Å². The summed E-state index contributed by atoms with van der Waals surface area (Å²) in [4.78, 5) is 20.0. The van der Waals surface area contributed by atoms with Gasteiger partial charge in [0, 0.05) is 12.2 Å². The van der Waals surface area contributed by atoms with E-state index in [-0.39, 0.29) is 5.97 Å². The Morgan fingerprint density at radius 1 is 1.50 bits per heavy atom. The van der Waals surface area contributed by atoms with Crippen molar-refractivity contribution in [1.82, 2.24) is 9.97 Å². The van der Waals surface area contributed by atoms with Crippen molar-refractivity contribution in [3.05, 3.63) is 17.5 Å². The molecule has 0 aromatic carbocycles. The monoisotopic (exact) mass is 251 g/mol. The third kappa shape index (κ3) is 3.98. The van der Waals surface area contributed by atoms with E-state index in [1.807, 2.05) is 0 Å². The number of nitrogens with zero attached hydrogens (tertiary/aromatic N) is 2. The zero-order chi connectivity index (χ0) is 13.5. The van der Waals surface area contributed by atoms with E-state index in [4.69, 9.17) is 4.74 Å². The molecule has 0 saturated carbocycles. The Kier molecular flexibility index (Phi) is 5.55. The average Bonchev–Trinajstić information content (AvgIpc) is 2.29. The highest BCUT2D eigenvalue weighted by Crippen LogP contribution is 2.10. The van der Waals surface area contributed by atoms with E-state index >= 15 is 0 Å². The number of esters is 1. The molecule has 0 aliphatic rings. The summed E-state index contributed by atoms with van der Waals surface area (Å²) in [6.45, 7) is 8.13. The van der Waals surface area contributed by atoms with Crippen molar-refractivity contribution in [3.63, 3.8) is 0 Å². The molecule has 1 aromatic heterocycles. The number of aryl methyl sites for hydroxylation is 1. The van der Waals surface area contributed by atoms with Gasteiger partial charge in [-0.2, -0.15) is 0 Å². The topological polar surface area (TPSA) is 64.1 Å². The molecule has 0 aliphatic carbocycles. The molecule has 5 heteroatoms. The minimum absolute atomic E-state index is 0.322. The molecule has 5 nitrogen and oxygen atoms in total. The van der Waals surface area contributed by atoms with Crippen molar-refractivity contribution >= 4 is 11.9 Å². The summed E-state index contributed by atoms with van der Waals surface area (Å²) >= 11 is 0. The van der Waals surface area contributed by atoms with Crippen molar-refractivity contribution in [1.29, 1.82) is 0 Å². The molecule has 0 fully saturated rings. The molecule has 100 valence electrons. The Labute approximate surface area is 108 Å². The van der Waals surface area contributed by atoms with Gasteiger partial charge in [0.15, 0.2) is 0 Å². The lowest BCUT2D eigenvalue weighted by Crippen LogP contribution is -2.18. The van der Waals surface area contributed by atoms with Crippen LogP contribution in [-0.2, 0) is 4.74 Å². The lowest BCUT2D eigenvalue weighted by Gasteiger charge is -2.13. The summed E-state index contributed by atoms with van der Waals surface area (Å²) in [6, 6.07) is 0.322. The minimum atomic E-state index is -0.372. The normalized spacial score (nSPS) is 12.0. The molecule has 0 saturated heterocycles. The van der Waals surface area contributed by atoms with Crippen molar-refractivity contribution in [2.45, 2.75) is 46.6 Å². The lowest BCUT2D eigenvalue weighted by atomic mass is 10.2. The van der Waals surface area contributed by atoms with Crippen LogP contribution < -0.4 is 5.32 Å². The molecule has 1 unspecified atom stereocenters. The standard InChI is InChI=1S/C13H21N3O2/c1-5-7-9(3)15-13-14-8-11(10(4)16-13)12(17)18-6-2/h8-9H,5-7H2,1-4H3,(H,14,15,16). The van der Waals surface area contributed by atoms with E-state index in [1.54, 1.807) is 13.8 Å². The van der Waals surface area contributed by atoms with Gasteiger partial charge in [-0.25, -0.2) is 14.8 Å². The first-order chi connectivity index (χ1) is 8.58. The fourth-order valence-corrected chi connectivity index (χ4v) is 1.67. The molecule has 1 aromatic rings. The van der Waals surface area contributed by atoms with Gasteiger partial charge in [0.25, 0.3) is 0 Å². The summed E-state index contributed by atoms with van der Waals surface area (Å²) in [7, 11) is 0. The van der Waals surface area contributed by atoms with Gasteiger partial charge in [-0.15, -0.1) is 0 Å². The molecule has 0 spiro atoms. The fourth-order valence-electron chi connectivity index (χ4n) is 1.67. The molecule has 1 rings (SSSR count). The van der Waals surface area contributed by atoms with E-state index in [0.29, 0.717) is 29.9 Å². The summed E-state index contributed by atoms with van der Waals surface area (Å²) in [5.74, 6) is 0.185. The van der Waals surface area contributed by atoms with Crippen molar-refractivity contribution in [2.75, 3.05) is 11.9 Å². The van der Waals surface area contributed by atoms with E-state index in [9.17, 15) is 4.79 Å². The van der Waals surface area contributed by atoms with Gasteiger partial charge in [-0.3, -0.25) is 0 Å². The second-order valence-electron chi connectivity index (χ2n) is 4.25. The lowest BCUT2D eigenvalue weighted by molar-refractivity contribution is 0.0524. The highest BCUT2D eigenvalue weighted by atomic mass is 16.5. The third-order valence-corrected chi connectivity index (χ3v) is 2.57. The Balaban J connectivity index is 2.76. The Morgan fingerprint density at radius 2 is 2.22 bits per heavy atom. The van der Waals surface area contributed by atoms with Crippen molar-refractivity contribution in [2.24, 2.45) is 0 Å². The van der Waals surface area contributed by atoms with Gasteiger partial charge in [-0.05, 0) is 27.2 Å². The van der Waals surface area contributed by atoms with Crippen molar-refractivity contribution in [3.8, 4) is 0 Å². The first-order valence-corrected chi connectivity index (χ1v) is 6.35. The SMILES string of the molecule is CCCC(C)Nc1ncc(C(=O)OCC)c(C)n1. The van der Waals surface area contributed by atoms with E-state index in [2.05, 4.69) is 29.1 Å². The molecule has 0 aliphatic heterocycles. The van der Waals surface area contributed by atoms with Crippen LogP contribution >= 0.6 is 0 Å². The predicted molar refractivity (Wildman–Crippen MR) is 70.7 cm³/mol. The highest BCUT2D eigenvalue weighted by molar-refractivity contribution is 5.90. The number of nitrogens with one attached hydrogen (secondary N) is 1. The second-order valence-corrected chi connectivity index (χ2v) is 4.25. The van der Waals surface area contributed by atoms with Gasteiger partial charge in [0.05, 0.1) is 17.9 Å². The van der Waals surface area contributed by atoms with Crippen LogP contribution in [0.5, 0.6) is 0 Å². The van der Waals surface area contributed by atoms with Gasteiger partial charge < -0.3 is 10.1 Å². The van der Waals surface area contributed by atoms with Crippen LogP contribution in [0.25, 0.3) is 0 Å². The van der Waals surface area contributed by atoms with Crippen molar-refractivity contribution < 1.29 is 9.53 Å². The number of carbonyl (C=O) groups excluding carboxylic acids is 1. The van der Waals surface area contributed by atoms with Crippen LogP contribution in [0.15, 0.2) is 6.20 Å². The quantitative estimate of drug-likeness (QED) is 0.787. The fraction of sp³-hybridized carbons (Fsp3) is 0.615. The number of aromatic nitrogens is 2. The summed E-state index contributed by atoms with van der Waals surface area (Å²) in [5, 5.41) is 3.21.